The van der Waals surface area contributed by atoms with Crippen LogP contribution in [0.25, 0.3) is 48.9 Å². The Bertz CT molecular complexity index is 7840. The van der Waals surface area contributed by atoms with Crippen LogP contribution in [0.15, 0.2) is 199 Å². The molecule has 0 bridgehead atoms. The number of aryl methyl sites for hydroxylation is 3. The molecule has 0 aliphatic carbocycles. The Morgan fingerprint density at radius 1 is 0.413 bits per heavy atom. The number of aromatic nitrogens is 10. The highest BCUT2D eigenvalue weighted by molar-refractivity contribution is 9.10. The van der Waals surface area contributed by atoms with Crippen LogP contribution in [0.1, 0.15) is 197 Å². The van der Waals surface area contributed by atoms with Gasteiger partial charge in [0.15, 0.2) is 71.8 Å². The van der Waals surface area contributed by atoms with Gasteiger partial charge in [-0.05, 0) is 237 Å². The molecule has 0 radical (unpaired) electrons. The van der Waals surface area contributed by atoms with Crippen LogP contribution < -0.4 is 33.6 Å². The van der Waals surface area contributed by atoms with Crippen molar-refractivity contribution in [3.63, 3.8) is 0 Å². The molecule has 10 N–H and O–H groups in total. The molecule has 8 aliphatic rings. The van der Waals surface area contributed by atoms with E-state index in [1.54, 1.807) is 103 Å². The maximum atomic E-state index is 13.0. The Morgan fingerprint density at radius 2 is 0.853 bits per heavy atom. The minimum atomic E-state index is -3.55. The summed E-state index contributed by atoms with van der Waals surface area (Å²) in [5, 5.41) is 7.87. The summed E-state index contributed by atoms with van der Waals surface area (Å²) < 4.78 is 171. The molecule has 36 nitrogen and oxygen atoms in total. The smallest absolute Gasteiger partial charge is 0.271 e. The summed E-state index contributed by atoms with van der Waals surface area (Å²) in [4.78, 5) is 39.3. The molecule has 6 unspecified atom stereocenters. The summed E-state index contributed by atoms with van der Waals surface area (Å²) in [6.07, 6.45) is 28.4. The van der Waals surface area contributed by atoms with Crippen molar-refractivity contribution in [2.75, 3.05) is 118 Å². The van der Waals surface area contributed by atoms with Crippen molar-refractivity contribution in [1.29, 1.82) is 0 Å². The number of hydrogen-bond donors (Lipinski definition) is 6. The van der Waals surface area contributed by atoms with E-state index < -0.39 is 49.2 Å². The first-order valence-corrected chi connectivity index (χ1v) is 60.0. The molecule has 796 valence electrons. The van der Waals surface area contributed by atoms with Gasteiger partial charge in [-0.3, -0.25) is 13.7 Å². The number of fused-ring (bicyclic) bond motifs is 3. The van der Waals surface area contributed by atoms with Gasteiger partial charge in [0.2, 0.25) is 5.82 Å². The number of anilines is 8. The molecule has 0 spiro atoms. The van der Waals surface area contributed by atoms with Crippen LogP contribution in [0.2, 0.25) is 15.3 Å². The number of ether oxygens (including phenoxy) is 8. The summed E-state index contributed by atoms with van der Waals surface area (Å²) >= 11 is 21.7. The molecule has 0 amide bonds. The van der Waals surface area contributed by atoms with Crippen LogP contribution in [0, 0.1) is 33.9 Å². The molecule has 15 heterocycles. The second-order valence-corrected chi connectivity index (χ2v) is 48.8. The van der Waals surface area contributed by atoms with Crippen LogP contribution in [0.5, 0.6) is 0 Å². The first-order chi connectivity index (χ1) is 71.5. The van der Waals surface area contributed by atoms with E-state index >= 15 is 0 Å². The maximum Gasteiger partial charge on any atom is 0.271 e. The quantitative estimate of drug-likeness (QED) is 0.0264. The van der Waals surface area contributed by atoms with E-state index in [1.807, 2.05) is 90.6 Å². The van der Waals surface area contributed by atoms with Gasteiger partial charge in [0.25, 0.3) is 5.82 Å². The fourth-order valence-electron chi connectivity index (χ4n) is 18.0. The number of nitrogen functional groups attached to an aromatic ring is 4. The average molecular weight is 2270 g/mol. The van der Waals surface area contributed by atoms with Crippen molar-refractivity contribution in [1.82, 2.24) is 48.6 Å². The number of hydrogen-bond acceptors (Lipinski definition) is 31. The molecular weight excluding hydrogens is 2150 g/mol. The Labute approximate surface area is 897 Å². The third kappa shape index (κ3) is 29.9. The van der Waals surface area contributed by atoms with Crippen molar-refractivity contribution in [2.45, 2.75) is 198 Å². The monoisotopic (exact) mass is 2260 g/mol. The van der Waals surface area contributed by atoms with Gasteiger partial charge in [-0.2, -0.15) is 0 Å². The number of sulfone groups is 5. The number of halogens is 4. The number of nitrogens with one attached hydrogen (secondary N) is 2. The second kappa shape index (κ2) is 51.0. The lowest BCUT2D eigenvalue weighted by Gasteiger charge is -2.25. The Balaban J connectivity index is 0.000000144. The number of rotatable bonds is 18. The topological polar surface area (TPSA) is 486 Å². The molecule has 6 fully saturated rings. The molecule has 6 saturated heterocycles. The zero-order valence-electron chi connectivity index (χ0n) is 84.1. The van der Waals surface area contributed by atoms with E-state index in [0.717, 1.165) is 204 Å². The van der Waals surface area contributed by atoms with Gasteiger partial charge in [0, 0.05) is 118 Å². The van der Waals surface area contributed by atoms with E-state index in [9.17, 15) is 42.1 Å². The molecule has 6 aromatic carbocycles. The van der Waals surface area contributed by atoms with Gasteiger partial charge in [0.05, 0.1) is 114 Å². The highest BCUT2D eigenvalue weighted by Gasteiger charge is 2.32. The van der Waals surface area contributed by atoms with Crippen molar-refractivity contribution in [3.8, 4) is 0 Å². The van der Waals surface area contributed by atoms with Crippen molar-refractivity contribution >= 4 is 196 Å². The summed E-state index contributed by atoms with van der Waals surface area (Å²) in [6.45, 7) is 25.5. The fourth-order valence-corrected chi connectivity index (χ4v) is 23.4. The first-order valence-electron chi connectivity index (χ1n) is 48.6. The van der Waals surface area contributed by atoms with Gasteiger partial charge in [-0.1, -0.05) is 111 Å². The molecule has 150 heavy (non-hydrogen) atoms. The number of nitrogens with two attached hydrogens (primary N) is 4. The van der Waals surface area contributed by atoms with Crippen molar-refractivity contribution < 1.29 is 80.0 Å². The second-order valence-electron chi connectivity index (χ2n) is 36.7. The summed E-state index contributed by atoms with van der Waals surface area (Å²) in [5.74, 6) is 3.87. The zero-order valence-corrected chi connectivity index (χ0v) is 92.0. The molecular formula is C105H120BrCl3N18O18S5. The van der Waals surface area contributed by atoms with E-state index in [2.05, 4.69) is 60.8 Å². The number of imidazole rings is 3. The standard InChI is InChI=1S/C31H33N5O4S.C23H27ClN4O4S.C12H13Cl2N3O.C11H15NO3S.C11H13NO3S.C7H8BrNO2S.C6H5N3.C4H6O/c1-20-33-30-26(35-25-13-12-22(27-10-7-15-39-27)18-28(25)41(3,37)38)19-24(17-21-8-6-9-23(16-21)32-2)34-31(30)36(20)29-11-4-5-14-40-29;1-14-25-22-17(13-20(24)27-23(22)28(14)21-7-3-4-10-32-21)26-16-9-8-15(18-6-5-11-31-18)12-19(16)33(2,29)30;1-7-15-11-8(13)6-9(14)16-12(11)17(7)10-4-2-3-5-18-10;2*1-16(13,14)11-7-8(4-5-9(11)12)10-3-2-6-15-10;1-12(10,11)7-4-5(8)2-3-6(7)9;1-8-6-4-2-3-5(7)9-6;1-2-4-5-3-1/h6,8-9,12-13,16,18-19,27,29H,4-5,7,10-11,14-15,17H2,1,3H3,(H,34,35);8-9,12-13,18,21H,3-7,10-11H2,1-2H3,(H,26,27);6,10H,2-5H2,1H3;4-5,7,10H,2-3,6,12H2,1H3;3-5,7H,2,6,12H2,1H3;2-4H,9H2,1H3;2-4H,(H2,7,9);1,3H,2,4H2. The highest BCUT2D eigenvalue weighted by Crippen LogP contribution is 2.43. The Kier molecular flexibility index (Phi) is 38.6. The molecule has 45 heteroatoms. The molecule has 0 saturated carbocycles. The molecule has 7 aromatic heterocycles. The van der Waals surface area contributed by atoms with Gasteiger partial charge < -0.3 is 76.3 Å². The molecule has 8 aliphatic heterocycles. The minimum Gasteiger partial charge on any atom is -0.501 e. The van der Waals surface area contributed by atoms with E-state index in [-0.39, 0.29) is 72.8 Å². The van der Waals surface area contributed by atoms with Gasteiger partial charge in [0.1, 0.15) is 68.8 Å². The summed E-state index contributed by atoms with van der Waals surface area (Å²) in [7, 11) is -16.8. The SMILES string of the molecule is C1=COCC1.CS(=O)(=O)c1cc(Br)ccc1N.CS(=O)(=O)c1cc(C2=CCCO2)ccc1N.CS(=O)(=O)c1cc(C2CCCO2)ccc1N.Cc1nc2c(Cl)cc(Cl)nc2n1C1CCCCO1.Cc1nc2c(Nc3ccc(C4CCCO4)cc3S(C)(=O)=O)cc(Cl)nc2n1C1CCCCO1.[C-]#[N+]c1cccc(Cc2cc(Nc3ccc(C4CCCO4)cc3S(C)(=O)=O)c3nc(C)n(C4CCCCO4)c3n2)c1.[C-]#[N+]c1cccc(N)n1. The van der Waals surface area contributed by atoms with Gasteiger partial charge in [-0.25, -0.2) is 76.8 Å². The minimum absolute atomic E-state index is 0.00853. The normalized spacial score (nSPS) is 18.5. The van der Waals surface area contributed by atoms with Crippen LogP contribution in [0.4, 0.5) is 57.1 Å². The molecule has 6 atom stereocenters. The lowest BCUT2D eigenvalue weighted by molar-refractivity contribution is -0.0310. The number of nitrogens with zero attached hydrogens (tertiary/aromatic N) is 12. The maximum absolute atomic E-state index is 13.0. The lowest BCUT2D eigenvalue weighted by Crippen LogP contribution is -2.19. The highest BCUT2D eigenvalue weighted by atomic mass is 79.9. The molecule has 13 aromatic rings. The lowest BCUT2D eigenvalue weighted by atomic mass is 10.1. The predicted octanol–water partition coefficient (Wildman–Crippen LogP) is 21.9. The van der Waals surface area contributed by atoms with Gasteiger partial charge >= 0.3 is 0 Å². The van der Waals surface area contributed by atoms with Gasteiger partial charge in [-0.15, -0.1) is 4.98 Å². The third-order valence-electron chi connectivity index (χ3n) is 25.1. The zero-order chi connectivity index (χ0) is 108. The van der Waals surface area contributed by atoms with E-state index in [1.165, 1.54) is 18.6 Å². The molecule has 21 rings (SSSR count). The van der Waals surface area contributed by atoms with Crippen molar-refractivity contribution in [3.05, 3.63) is 264 Å². The van der Waals surface area contributed by atoms with Crippen LogP contribution >= 0.6 is 50.7 Å². The van der Waals surface area contributed by atoms with Crippen LogP contribution in [0.3, 0.4) is 0 Å². The summed E-state index contributed by atoms with van der Waals surface area (Å²) in [5.41, 5.74) is 34.7. The predicted molar refractivity (Wildman–Crippen MR) is 586 cm³/mol. The Hall–Kier alpha value is -12.0. The van der Waals surface area contributed by atoms with Crippen LogP contribution in [-0.2, 0) is 93.5 Å². The Morgan fingerprint density at radius 3 is 1.27 bits per heavy atom. The van der Waals surface area contributed by atoms with E-state index in [4.69, 9.17) is 124 Å². The van der Waals surface area contributed by atoms with E-state index in [0.29, 0.717) is 139 Å². The number of benzene rings is 6. The summed E-state index contributed by atoms with van der Waals surface area (Å²) in [6, 6.07) is 43.3. The fraction of sp³-hybridized carbons (Fsp3) is 0.381. The van der Waals surface area contributed by atoms with Crippen molar-refractivity contribution in [2.24, 2.45) is 0 Å². The largest absolute Gasteiger partial charge is 0.501 e. The number of pyridine rings is 4. The third-order valence-corrected chi connectivity index (χ3v) is 32.0. The first kappa shape index (κ1) is 114. The van der Waals surface area contributed by atoms with Crippen LogP contribution in [-0.4, -0.2) is 175 Å². The average Bonchev–Trinajstić information content (AvgIpc) is 1.59.